The van der Waals surface area contributed by atoms with Gasteiger partial charge in [0.1, 0.15) is 11.6 Å². The first-order chi connectivity index (χ1) is 17.4. The number of halogens is 2. The molecule has 1 aliphatic rings. The van der Waals surface area contributed by atoms with Gasteiger partial charge in [0.25, 0.3) is 11.8 Å². The van der Waals surface area contributed by atoms with E-state index in [9.17, 15) is 18.4 Å². The molecule has 0 aliphatic carbocycles. The van der Waals surface area contributed by atoms with Crippen LogP contribution in [0.2, 0.25) is 0 Å². The molecule has 5 rings (SSSR count). The third-order valence-electron chi connectivity index (χ3n) is 6.51. The van der Waals surface area contributed by atoms with Crippen LogP contribution in [0, 0.1) is 11.6 Å². The number of carbonyl (C=O) groups is 2. The minimum Gasteiger partial charge on any atom is -0.305 e. The zero-order valence-electron chi connectivity index (χ0n) is 19.6. The molecule has 0 saturated heterocycles. The SMILES string of the molecule is CC1CC(N(C(=O)c2ccccc2)c2ccc(F)cc2)c2cc(F)ccc2N1C(=O)c1ccccc1. The molecule has 2 unspecified atom stereocenters. The van der Waals surface area contributed by atoms with E-state index in [-0.39, 0.29) is 17.9 Å². The molecule has 0 saturated carbocycles. The largest absolute Gasteiger partial charge is 0.305 e. The summed E-state index contributed by atoms with van der Waals surface area (Å²) in [6.07, 6.45) is 0.366. The Balaban J connectivity index is 1.64. The highest BCUT2D eigenvalue weighted by atomic mass is 19.1. The van der Waals surface area contributed by atoms with E-state index in [1.54, 1.807) is 76.5 Å². The smallest absolute Gasteiger partial charge is 0.258 e. The number of hydrogen-bond acceptors (Lipinski definition) is 2. The van der Waals surface area contributed by atoms with Gasteiger partial charge in [-0.2, -0.15) is 0 Å². The number of nitrogens with zero attached hydrogens (tertiary/aromatic N) is 2. The van der Waals surface area contributed by atoms with Crippen molar-refractivity contribution in [2.45, 2.75) is 25.4 Å². The highest BCUT2D eigenvalue weighted by molar-refractivity contribution is 6.09. The minimum atomic E-state index is -0.580. The van der Waals surface area contributed by atoms with Crippen LogP contribution in [0.4, 0.5) is 20.2 Å². The molecule has 2 amide bonds. The van der Waals surface area contributed by atoms with Gasteiger partial charge in [-0.3, -0.25) is 9.59 Å². The lowest BCUT2D eigenvalue weighted by molar-refractivity contribution is 0.0965. The summed E-state index contributed by atoms with van der Waals surface area (Å²) in [5.74, 6) is -1.38. The summed E-state index contributed by atoms with van der Waals surface area (Å²) in [6.45, 7) is 1.91. The molecule has 4 aromatic rings. The van der Waals surface area contributed by atoms with Crippen molar-refractivity contribution in [2.24, 2.45) is 0 Å². The number of anilines is 2. The average Bonchev–Trinajstić information content (AvgIpc) is 2.91. The van der Waals surface area contributed by atoms with Crippen molar-refractivity contribution in [1.29, 1.82) is 0 Å². The summed E-state index contributed by atoms with van der Waals surface area (Å²) < 4.78 is 28.4. The summed E-state index contributed by atoms with van der Waals surface area (Å²) in [5, 5.41) is 0. The van der Waals surface area contributed by atoms with Crippen molar-refractivity contribution >= 4 is 23.2 Å². The summed E-state index contributed by atoms with van der Waals surface area (Å²) in [6, 6.07) is 26.8. The van der Waals surface area contributed by atoms with Crippen LogP contribution in [0.25, 0.3) is 0 Å². The second-order valence-corrected chi connectivity index (χ2v) is 8.86. The van der Waals surface area contributed by atoms with Gasteiger partial charge in [-0.15, -0.1) is 0 Å². The van der Waals surface area contributed by atoms with E-state index in [0.29, 0.717) is 34.5 Å². The van der Waals surface area contributed by atoms with Crippen molar-refractivity contribution in [3.8, 4) is 0 Å². The van der Waals surface area contributed by atoms with Gasteiger partial charge in [0, 0.05) is 34.1 Å². The van der Waals surface area contributed by atoms with Gasteiger partial charge in [0.05, 0.1) is 6.04 Å². The summed E-state index contributed by atoms with van der Waals surface area (Å²) in [5.41, 5.74) is 2.53. The van der Waals surface area contributed by atoms with Gasteiger partial charge < -0.3 is 9.80 Å². The average molecular weight is 483 g/mol. The fourth-order valence-corrected chi connectivity index (χ4v) is 4.84. The van der Waals surface area contributed by atoms with Gasteiger partial charge >= 0.3 is 0 Å². The van der Waals surface area contributed by atoms with Crippen LogP contribution in [-0.4, -0.2) is 17.9 Å². The number of fused-ring (bicyclic) bond motifs is 1. The fourth-order valence-electron chi connectivity index (χ4n) is 4.84. The molecule has 36 heavy (non-hydrogen) atoms. The van der Waals surface area contributed by atoms with Crippen molar-refractivity contribution in [2.75, 3.05) is 9.80 Å². The molecule has 4 nitrogen and oxygen atoms in total. The third-order valence-corrected chi connectivity index (χ3v) is 6.51. The number of rotatable bonds is 4. The molecule has 0 radical (unpaired) electrons. The molecular formula is C30H24F2N2O2. The lowest BCUT2D eigenvalue weighted by Gasteiger charge is -2.43. The zero-order valence-corrected chi connectivity index (χ0v) is 19.6. The highest BCUT2D eigenvalue weighted by Crippen LogP contribution is 2.43. The Bertz CT molecular complexity index is 1390. The Morgan fingerprint density at radius 3 is 2.00 bits per heavy atom. The van der Waals surface area contributed by atoms with Gasteiger partial charge in [-0.1, -0.05) is 36.4 Å². The monoisotopic (exact) mass is 482 g/mol. The molecule has 1 heterocycles. The maximum atomic E-state index is 14.6. The standard InChI is InChI=1S/C30H24F2N2O2/c1-20-18-28(34(25-15-12-23(31)13-16-25)30(36)22-10-6-3-7-11-22)26-19-24(32)14-17-27(26)33(20)29(35)21-8-4-2-5-9-21/h2-17,19-20,28H,18H2,1H3. The predicted molar refractivity (Wildman–Crippen MR) is 136 cm³/mol. The fraction of sp³-hybridized carbons (Fsp3) is 0.133. The predicted octanol–water partition coefficient (Wildman–Crippen LogP) is 6.79. The molecule has 2 atom stereocenters. The lowest BCUT2D eigenvalue weighted by atomic mass is 9.89. The first-order valence-electron chi connectivity index (χ1n) is 11.8. The summed E-state index contributed by atoms with van der Waals surface area (Å²) >= 11 is 0. The van der Waals surface area contributed by atoms with Crippen LogP contribution >= 0.6 is 0 Å². The molecule has 4 aromatic carbocycles. The van der Waals surface area contributed by atoms with Crippen LogP contribution < -0.4 is 9.80 Å². The second-order valence-electron chi connectivity index (χ2n) is 8.86. The number of amides is 2. The van der Waals surface area contributed by atoms with Crippen LogP contribution in [0.15, 0.2) is 103 Å². The molecule has 180 valence electrons. The molecule has 1 aliphatic heterocycles. The van der Waals surface area contributed by atoms with Crippen molar-refractivity contribution < 1.29 is 18.4 Å². The van der Waals surface area contributed by atoms with Crippen LogP contribution in [0.5, 0.6) is 0 Å². The summed E-state index contributed by atoms with van der Waals surface area (Å²) in [4.78, 5) is 30.6. The second kappa shape index (κ2) is 9.74. The minimum absolute atomic E-state index is 0.197. The number of benzene rings is 4. The van der Waals surface area contributed by atoms with E-state index < -0.39 is 17.7 Å². The normalized spacial score (nSPS) is 16.8. The van der Waals surface area contributed by atoms with Crippen molar-refractivity contribution in [3.05, 3.63) is 131 Å². The Morgan fingerprint density at radius 1 is 0.778 bits per heavy atom. The van der Waals surface area contributed by atoms with E-state index >= 15 is 0 Å². The van der Waals surface area contributed by atoms with E-state index in [1.807, 2.05) is 19.1 Å². The molecular weight excluding hydrogens is 458 g/mol. The number of carbonyl (C=O) groups excluding carboxylic acids is 2. The van der Waals surface area contributed by atoms with Crippen LogP contribution in [-0.2, 0) is 0 Å². The first kappa shape index (κ1) is 23.4. The van der Waals surface area contributed by atoms with Gasteiger partial charge in [-0.25, -0.2) is 8.78 Å². The molecule has 0 N–H and O–H groups in total. The van der Waals surface area contributed by atoms with Crippen molar-refractivity contribution in [1.82, 2.24) is 0 Å². The first-order valence-corrected chi connectivity index (χ1v) is 11.8. The molecule has 0 spiro atoms. The Labute approximate surface area is 208 Å². The molecule has 0 fully saturated rings. The molecule has 0 bridgehead atoms. The highest BCUT2D eigenvalue weighted by Gasteiger charge is 2.39. The van der Waals surface area contributed by atoms with E-state index in [2.05, 4.69) is 0 Å². The maximum absolute atomic E-state index is 14.6. The Kier molecular flexibility index (Phi) is 6.34. The van der Waals surface area contributed by atoms with Gasteiger partial charge in [0.2, 0.25) is 0 Å². The summed E-state index contributed by atoms with van der Waals surface area (Å²) in [7, 11) is 0. The van der Waals surface area contributed by atoms with Gasteiger partial charge in [0.15, 0.2) is 0 Å². The van der Waals surface area contributed by atoms with Crippen LogP contribution in [0.1, 0.15) is 45.7 Å². The van der Waals surface area contributed by atoms with E-state index in [4.69, 9.17) is 0 Å². The van der Waals surface area contributed by atoms with E-state index in [0.717, 1.165) is 0 Å². The molecule has 6 heteroatoms. The molecule has 0 aromatic heterocycles. The lowest BCUT2D eigenvalue weighted by Crippen LogP contribution is -2.48. The van der Waals surface area contributed by atoms with E-state index in [1.165, 1.54) is 24.3 Å². The third kappa shape index (κ3) is 4.38. The van der Waals surface area contributed by atoms with Gasteiger partial charge in [-0.05, 0) is 80.1 Å². The Morgan fingerprint density at radius 2 is 1.36 bits per heavy atom. The zero-order chi connectivity index (χ0) is 25.2. The quantitative estimate of drug-likeness (QED) is 0.321. The maximum Gasteiger partial charge on any atom is 0.258 e. The van der Waals surface area contributed by atoms with Crippen molar-refractivity contribution in [3.63, 3.8) is 0 Å². The topological polar surface area (TPSA) is 40.6 Å². The number of hydrogen-bond donors (Lipinski definition) is 0. The van der Waals surface area contributed by atoms with Crippen LogP contribution in [0.3, 0.4) is 0 Å². The Hall–Kier alpha value is -4.32.